The van der Waals surface area contributed by atoms with E-state index in [0.29, 0.717) is 17.9 Å². The number of allylic oxidation sites excluding steroid dienone is 1. The molecule has 0 aliphatic heterocycles. The maximum atomic E-state index is 11.9. The maximum absolute atomic E-state index is 11.9. The predicted molar refractivity (Wildman–Crippen MR) is 73.8 cm³/mol. The van der Waals surface area contributed by atoms with Gasteiger partial charge in [0.2, 0.25) is 0 Å². The quantitative estimate of drug-likeness (QED) is 0.572. The summed E-state index contributed by atoms with van der Waals surface area (Å²) in [5, 5.41) is -0.120. The van der Waals surface area contributed by atoms with E-state index in [4.69, 9.17) is 16.3 Å². The zero-order valence-corrected chi connectivity index (χ0v) is 11.8. The van der Waals surface area contributed by atoms with Crippen LogP contribution in [-0.2, 0) is 14.6 Å². The lowest BCUT2D eigenvalue weighted by Crippen LogP contribution is -2.06. The van der Waals surface area contributed by atoms with Crippen molar-refractivity contribution >= 4 is 21.4 Å². The third-order valence-corrected chi connectivity index (χ3v) is 4.25. The van der Waals surface area contributed by atoms with E-state index in [9.17, 15) is 8.42 Å². The van der Waals surface area contributed by atoms with E-state index in [0.717, 1.165) is 0 Å². The van der Waals surface area contributed by atoms with Crippen molar-refractivity contribution in [2.45, 2.75) is 16.7 Å². The topological polar surface area (TPSA) is 43.4 Å². The highest BCUT2D eigenvalue weighted by Gasteiger charge is 2.11. The molecule has 100 valence electrons. The molecule has 0 amide bonds. The molecule has 0 heterocycles. The van der Waals surface area contributed by atoms with Gasteiger partial charge in [-0.05, 0) is 18.6 Å². The number of sulfone groups is 1. The first-order chi connectivity index (χ1) is 8.56. The Morgan fingerprint density at radius 2 is 1.94 bits per heavy atom. The summed E-state index contributed by atoms with van der Waals surface area (Å²) in [5.41, 5.74) is 0. The Hall–Kier alpha value is -0.840. The third-order valence-electron chi connectivity index (χ3n) is 2.32. The van der Waals surface area contributed by atoms with Crippen LogP contribution in [-0.4, -0.2) is 33.3 Å². The summed E-state index contributed by atoms with van der Waals surface area (Å²) < 4.78 is 28.7. The Labute approximate surface area is 113 Å². The Kier molecular flexibility index (Phi) is 6.39. The molecule has 0 fully saturated rings. The minimum Gasteiger partial charge on any atom is -0.383 e. The number of methoxy groups -OCH3 is 1. The van der Waals surface area contributed by atoms with Gasteiger partial charge in [0.05, 0.1) is 22.6 Å². The van der Waals surface area contributed by atoms with Crippen molar-refractivity contribution in [2.75, 3.05) is 19.5 Å². The SMILES string of the molecule is COCC(Cl)C/C=C/CS(=O)(=O)c1ccccc1. The van der Waals surface area contributed by atoms with Gasteiger partial charge in [0.25, 0.3) is 0 Å². The molecule has 0 saturated carbocycles. The lowest BCUT2D eigenvalue weighted by Gasteiger charge is -2.04. The number of benzene rings is 1. The predicted octanol–water partition coefficient (Wildman–Crippen LogP) is 2.66. The zero-order valence-electron chi connectivity index (χ0n) is 10.3. The molecule has 1 unspecified atom stereocenters. The molecular formula is C13H17ClO3S. The van der Waals surface area contributed by atoms with E-state index in [1.54, 1.807) is 49.6 Å². The largest absolute Gasteiger partial charge is 0.383 e. The summed E-state index contributed by atoms with van der Waals surface area (Å²) >= 11 is 5.92. The fraction of sp³-hybridized carbons (Fsp3) is 0.385. The van der Waals surface area contributed by atoms with Gasteiger partial charge in [-0.3, -0.25) is 0 Å². The second-order valence-corrected chi connectivity index (χ2v) is 6.51. The van der Waals surface area contributed by atoms with Gasteiger partial charge in [-0.25, -0.2) is 8.42 Å². The van der Waals surface area contributed by atoms with Crippen molar-refractivity contribution < 1.29 is 13.2 Å². The number of hydrogen-bond donors (Lipinski definition) is 0. The molecule has 0 aliphatic rings. The summed E-state index contributed by atoms with van der Waals surface area (Å²) in [6, 6.07) is 8.41. The van der Waals surface area contributed by atoms with Crippen LogP contribution in [0.15, 0.2) is 47.4 Å². The number of halogens is 1. The van der Waals surface area contributed by atoms with Crippen LogP contribution in [0.1, 0.15) is 6.42 Å². The second-order valence-electron chi connectivity index (χ2n) is 3.85. The van der Waals surface area contributed by atoms with Gasteiger partial charge < -0.3 is 4.74 Å². The second kappa shape index (κ2) is 7.56. The van der Waals surface area contributed by atoms with Crippen molar-refractivity contribution in [1.29, 1.82) is 0 Å². The van der Waals surface area contributed by atoms with Crippen LogP contribution in [0.3, 0.4) is 0 Å². The fourth-order valence-corrected chi connectivity index (χ4v) is 2.79. The van der Waals surface area contributed by atoms with Gasteiger partial charge >= 0.3 is 0 Å². The van der Waals surface area contributed by atoms with Crippen molar-refractivity contribution in [3.63, 3.8) is 0 Å². The minimum absolute atomic E-state index is 0.00634. The van der Waals surface area contributed by atoms with E-state index in [1.165, 1.54) is 0 Å². The normalized spacial score (nSPS) is 13.9. The number of alkyl halides is 1. The average Bonchev–Trinajstić information content (AvgIpc) is 2.36. The van der Waals surface area contributed by atoms with Crippen LogP contribution >= 0.6 is 11.6 Å². The van der Waals surface area contributed by atoms with Crippen LogP contribution in [0.2, 0.25) is 0 Å². The molecule has 1 rings (SSSR count). The van der Waals surface area contributed by atoms with Crippen LogP contribution in [0.5, 0.6) is 0 Å². The van der Waals surface area contributed by atoms with Crippen molar-refractivity contribution in [3.05, 3.63) is 42.5 Å². The first-order valence-corrected chi connectivity index (χ1v) is 7.71. The van der Waals surface area contributed by atoms with E-state index in [2.05, 4.69) is 0 Å². The lowest BCUT2D eigenvalue weighted by molar-refractivity contribution is 0.198. The van der Waals surface area contributed by atoms with Crippen molar-refractivity contribution in [3.8, 4) is 0 Å². The molecular weight excluding hydrogens is 272 g/mol. The van der Waals surface area contributed by atoms with E-state index >= 15 is 0 Å². The summed E-state index contributed by atoms with van der Waals surface area (Å²) in [6.07, 6.45) is 4.00. The summed E-state index contributed by atoms with van der Waals surface area (Å²) in [7, 11) is -1.65. The number of rotatable bonds is 7. The van der Waals surface area contributed by atoms with Gasteiger partial charge in [-0.2, -0.15) is 0 Å². The van der Waals surface area contributed by atoms with Crippen LogP contribution in [0, 0.1) is 0 Å². The fourth-order valence-electron chi connectivity index (χ4n) is 1.41. The monoisotopic (exact) mass is 288 g/mol. The molecule has 0 spiro atoms. The molecule has 1 atom stereocenters. The number of ether oxygens (including phenoxy) is 1. The van der Waals surface area contributed by atoms with Crippen molar-refractivity contribution in [2.24, 2.45) is 0 Å². The molecule has 3 nitrogen and oxygen atoms in total. The zero-order chi connectivity index (χ0) is 13.4. The summed E-state index contributed by atoms with van der Waals surface area (Å²) in [6.45, 7) is 0.456. The molecule has 18 heavy (non-hydrogen) atoms. The Morgan fingerprint density at radius 1 is 1.28 bits per heavy atom. The molecule has 0 radical (unpaired) electrons. The highest BCUT2D eigenvalue weighted by atomic mass is 35.5. The van der Waals surface area contributed by atoms with Gasteiger partial charge in [0.1, 0.15) is 0 Å². The number of hydrogen-bond acceptors (Lipinski definition) is 3. The Morgan fingerprint density at radius 3 is 2.56 bits per heavy atom. The highest BCUT2D eigenvalue weighted by molar-refractivity contribution is 7.91. The van der Waals surface area contributed by atoms with Crippen LogP contribution < -0.4 is 0 Å². The van der Waals surface area contributed by atoms with Gasteiger partial charge in [0, 0.05) is 7.11 Å². The third kappa shape index (κ3) is 5.21. The van der Waals surface area contributed by atoms with Gasteiger partial charge in [-0.1, -0.05) is 30.4 Å². The standard InChI is InChI=1S/C13H17ClO3S/c1-17-11-12(14)7-5-6-10-18(15,16)13-8-3-2-4-9-13/h2-6,8-9,12H,7,10-11H2,1H3/b6-5+. The molecule has 0 aromatic heterocycles. The van der Waals surface area contributed by atoms with Gasteiger partial charge in [-0.15, -0.1) is 11.6 Å². The molecule has 0 saturated heterocycles. The Bertz CT molecular complexity index is 468. The molecule has 0 aliphatic carbocycles. The smallest absolute Gasteiger partial charge is 0.181 e. The Balaban J connectivity index is 2.50. The molecule has 0 N–H and O–H groups in total. The highest BCUT2D eigenvalue weighted by Crippen LogP contribution is 2.10. The minimum atomic E-state index is -3.23. The molecule has 1 aromatic carbocycles. The average molecular weight is 289 g/mol. The maximum Gasteiger partial charge on any atom is 0.181 e. The summed E-state index contributed by atoms with van der Waals surface area (Å²) in [5.74, 6) is -0.00634. The molecule has 5 heteroatoms. The molecule has 1 aromatic rings. The van der Waals surface area contributed by atoms with E-state index < -0.39 is 9.84 Å². The van der Waals surface area contributed by atoms with Crippen LogP contribution in [0.4, 0.5) is 0 Å². The first kappa shape index (κ1) is 15.2. The lowest BCUT2D eigenvalue weighted by atomic mass is 10.3. The van der Waals surface area contributed by atoms with Gasteiger partial charge in [0.15, 0.2) is 9.84 Å². The van der Waals surface area contributed by atoms with Crippen LogP contribution in [0.25, 0.3) is 0 Å². The van der Waals surface area contributed by atoms with E-state index in [1.807, 2.05) is 0 Å². The first-order valence-electron chi connectivity index (χ1n) is 5.62. The summed E-state index contributed by atoms with van der Waals surface area (Å²) in [4.78, 5) is 0.342. The van der Waals surface area contributed by atoms with Crippen molar-refractivity contribution in [1.82, 2.24) is 0 Å². The van der Waals surface area contributed by atoms with E-state index in [-0.39, 0.29) is 11.1 Å². The molecule has 0 bridgehead atoms.